The van der Waals surface area contributed by atoms with Crippen LogP contribution in [-0.4, -0.2) is 40.5 Å². The van der Waals surface area contributed by atoms with Crippen LogP contribution < -0.4 is 10.2 Å². The van der Waals surface area contributed by atoms with Gasteiger partial charge in [0, 0.05) is 25.3 Å². The van der Waals surface area contributed by atoms with Gasteiger partial charge in [-0.25, -0.2) is 12.8 Å². The van der Waals surface area contributed by atoms with E-state index < -0.39 is 20.5 Å². The predicted molar refractivity (Wildman–Crippen MR) is 96.4 cm³/mol. The van der Waals surface area contributed by atoms with Crippen LogP contribution >= 0.6 is 0 Å². The van der Waals surface area contributed by atoms with E-state index in [1.807, 2.05) is 4.90 Å². The maximum atomic E-state index is 14.4. The summed E-state index contributed by atoms with van der Waals surface area (Å²) in [5.41, 5.74) is 1.78. The maximum absolute atomic E-state index is 14.4. The number of nitrogens with zero attached hydrogens (tertiary/aromatic N) is 1. The van der Waals surface area contributed by atoms with E-state index in [4.69, 9.17) is 4.74 Å². The topological polar surface area (TPSA) is 58.6 Å². The first kappa shape index (κ1) is 19.5. The summed E-state index contributed by atoms with van der Waals surface area (Å²) in [6, 6.07) is 9.99. The van der Waals surface area contributed by atoms with Gasteiger partial charge in [0.1, 0.15) is 5.82 Å². The highest BCUT2D eigenvalue weighted by atomic mass is 32.2. The summed E-state index contributed by atoms with van der Waals surface area (Å²) < 4.78 is 67.5. The van der Waals surface area contributed by atoms with E-state index in [9.17, 15) is 21.6 Å². The lowest BCUT2D eigenvalue weighted by Crippen LogP contribution is -2.36. The molecule has 3 rings (SSSR count). The van der Waals surface area contributed by atoms with Gasteiger partial charge in [-0.05, 0) is 42.0 Å². The lowest BCUT2D eigenvalue weighted by Gasteiger charge is -2.29. The summed E-state index contributed by atoms with van der Waals surface area (Å²) in [5, 5.41) is 3.01. The van der Waals surface area contributed by atoms with E-state index in [-0.39, 0.29) is 5.82 Å². The monoisotopic (exact) mass is 400 g/mol. The summed E-state index contributed by atoms with van der Waals surface area (Å²) in [6.45, 7) is 2.73. The molecule has 0 unspecified atom stereocenters. The van der Waals surface area contributed by atoms with Gasteiger partial charge in [-0.2, -0.15) is 8.78 Å². The Bertz CT molecular complexity index is 883. The number of benzene rings is 2. The summed E-state index contributed by atoms with van der Waals surface area (Å²) in [5.74, 6) is -3.78. The second-order valence-electron chi connectivity index (χ2n) is 6.07. The lowest BCUT2D eigenvalue weighted by molar-refractivity contribution is 0.122. The van der Waals surface area contributed by atoms with Gasteiger partial charge in [-0.15, -0.1) is 0 Å². The third kappa shape index (κ3) is 4.54. The molecule has 0 bridgehead atoms. The zero-order valence-electron chi connectivity index (χ0n) is 14.4. The molecule has 1 heterocycles. The fourth-order valence-corrected chi connectivity index (χ4v) is 3.51. The van der Waals surface area contributed by atoms with Crippen LogP contribution in [-0.2, 0) is 21.1 Å². The van der Waals surface area contributed by atoms with Gasteiger partial charge >= 0.3 is 5.76 Å². The molecule has 0 aliphatic carbocycles. The van der Waals surface area contributed by atoms with E-state index >= 15 is 0 Å². The van der Waals surface area contributed by atoms with E-state index in [0.29, 0.717) is 49.8 Å². The van der Waals surface area contributed by atoms with Crippen molar-refractivity contribution >= 4 is 21.2 Å². The van der Waals surface area contributed by atoms with Gasteiger partial charge in [0.2, 0.25) is 9.84 Å². The Morgan fingerprint density at radius 3 is 2.33 bits per heavy atom. The van der Waals surface area contributed by atoms with Crippen LogP contribution in [0.15, 0.2) is 47.4 Å². The Balaban J connectivity index is 1.64. The number of halogens is 3. The molecule has 2 aromatic carbocycles. The third-order valence-electron chi connectivity index (χ3n) is 4.28. The van der Waals surface area contributed by atoms with E-state index in [2.05, 4.69) is 5.32 Å². The number of alkyl halides is 2. The molecule has 1 aliphatic rings. The molecular weight excluding hydrogens is 381 g/mol. The number of hydrogen-bond donors (Lipinski definition) is 1. The van der Waals surface area contributed by atoms with Crippen LogP contribution in [0.5, 0.6) is 0 Å². The first-order chi connectivity index (χ1) is 12.9. The third-order valence-corrected chi connectivity index (χ3v) is 5.68. The van der Waals surface area contributed by atoms with Crippen LogP contribution in [0.25, 0.3) is 0 Å². The highest BCUT2D eigenvalue weighted by Gasteiger charge is 2.26. The smallest absolute Gasteiger partial charge is 0.341 e. The Kier molecular flexibility index (Phi) is 5.91. The molecule has 0 amide bonds. The fraction of sp³-hybridized carbons (Fsp3) is 0.333. The van der Waals surface area contributed by atoms with Crippen LogP contribution in [0.1, 0.15) is 5.56 Å². The van der Waals surface area contributed by atoms with Crippen molar-refractivity contribution in [2.24, 2.45) is 0 Å². The van der Waals surface area contributed by atoms with Crippen molar-refractivity contribution in [3.05, 3.63) is 53.8 Å². The number of rotatable bonds is 6. The molecule has 1 N–H and O–H groups in total. The van der Waals surface area contributed by atoms with E-state index in [0.717, 1.165) is 12.1 Å². The minimum absolute atomic E-state index is 0.307. The molecule has 1 aliphatic heterocycles. The Hall–Kier alpha value is -2.26. The average Bonchev–Trinajstić information content (AvgIpc) is 2.67. The van der Waals surface area contributed by atoms with Crippen molar-refractivity contribution < 1.29 is 26.3 Å². The van der Waals surface area contributed by atoms with Gasteiger partial charge in [-0.1, -0.05) is 6.07 Å². The quantitative estimate of drug-likeness (QED) is 0.807. The maximum Gasteiger partial charge on any atom is 0.341 e. The van der Waals surface area contributed by atoms with Crippen molar-refractivity contribution in [2.75, 3.05) is 36.5 Å². The molecule has 9 heteroatoms. The molecule has 0 saturated carbocycles. The number of sulfone groups is 1. The largest absolute Gasteiger partial charge is 0.381 e. The lowest BCUT2D eigenvalue weighted by atomic mass is 10.1. The highest BCUT2D eigenvalue weighted by Crippen LogP contribution is 2.23. The summed E-state index contributed by atoms with van der Waals surface area (Å²) in [6.07, 6.45) is 0. The molecule has 0 aromatic heterocycles. The SMILES string of the molecule is O=S(=O)(c1ccc(NCc2ccc(N3CCOCC3)c(F)c2)cc1)C(F)F. The first-order valence-electron chi connectivity index (χ1n) is 8.35. The Morgan fingerprint density at radius 2 is 1.74 bits per heavy atom. The zero-order chi connectivity index (χ0) is 19.4. The number of ether oxygens (including phenoxy) is 1. The van der Waals surface area contributed by atoms with Crippen molar-refractivity contribution in [2.45, 2.75) is 17.2 Å². The summed E-state index contributed by atoms with van der Waals surface area (Å²) >= 11 is 0. The number of nitrogens with one attached hydrogen (secondary N) is 1. The molecule has 1 fully saturated rings. The average molecular weight is 400 g/mol. The number of hydrogen-bond acceptors (Lipinski definition) is 5. The van der Waals surface area contributed by atoms with Crippen molar-refractivity contribution in [1.29, 1.82) is 0 Å². The van der Waals surface area contributed by atoms with Crippen LogP contribution in [0.3, 0.4) is 0 Å². The van der Waals surface area contributed by atoms with Gasteiger partial charge in [-0.3, -0.25) is 0 Å². The van der Waals surface area contributed by atoms with Crippen molar-refractivity contribution in [3.8, 4) is 0 Å². The molecule has 0 spiro atoms. The van der Waals surface area contributed by atoms with Gasteiger partial charge in [0.05, 0.1) is 23.8 Å². The van der Waals surface area contributed by atoms with E-state index in [1.165, 1.54) is 18.2 Å². The molecular formula is C18H19F3N2O3S. The highest BCUT2D eigenvalue weighted by molar-refractivity contribution is 7.91. The normalized spacial score (nSPS) is 15.2. The standard InChI is InChI=1S/C18H19F3N2O3S/c19-16-11-13(1-6-17(16)23-7-9-26-10-8-23)12-22-14-2-4-15(5-3-14)27(24,25)18(20)21/h1-6,11,18,22H,7-10,12H2. The van der Waals surface area contributed by atoms with Crippen LogP contribution in [0.2, 0.25) is 0 Å². The second-order valence-corrected chi connectivity index (χ2v) is 7.99. The fourth-order valence-electron chi connectivity index (χ4n) is 2.79. The van der Waals surface area contributed by atoms with Gasteiger partial charge < -0.3 is 15.0 Å². The van der Waals surface area contributed by atoms with Crippen molar-refractivity contribution in [3.63, 3.8) is 0 Å². The molecule has 146 valence electrons. The predicted octanol–water partition coefficient (Wildman–Crippen LogP) is 3.27. The molecule has 5 nitrogen and oxygen atoms in total. The minimum Gasteiger partial charge on any atom is -0.381 e. The van der Waals surface area contributed by atoms with Gasteiger partial charge in [0.15, 0.2) is 0 Å². The zero-order valence-corrected chi connectivity index (χ0v) is 15.2. The van der Waals surface area contributed by atoms with Crippen molar-refractivity contribution in [1.82, 2.24) is 0 Å². The molecule has 27 heavy (non-hydrogen) atoms. The molecule has 0 radical (unpaired) electrons. The molecule has 0 atom stereocenters. The second kappa shape index (κ2) is 8.18. The van der Waals surface area contributed by atoms with Crippen LogP contribution in [0, 0.1) is 5.82 Å². The van der Waals surface area contributed by atoms with Gasteiger partial charge in [0.25, 0.3) is 0 Å². The molecule has 1 saturated heterocycles. The molecule has 2 aromatic rings. The first-order valence-corrected chi connectivity index (χ1v) is 9.89. The van der Waals surface area contributed by atoms with Crippen LogP contribution in [0.4, 0.5) is 24.5 Å². The Labute approximate surface area is 155 Å². The van der Waals surface area contributed by atoms with E-state index in [1.54, 1.807) is 12.1 Å². The summed E-state index contributed by atoms with van der Waals surface area (Å²) in [4.78, 5) is 1.49. The number of morpholine rings is 1. The minimum atomic E-state index is -4.61. The Morgan fingerprint density at radius 1 is 1.07 bits per heavy atom. The number of anilines is 2. The summed E-state index contributed by atoms with van der Waals surface area (Å²) in [7, 11) is -4.61.